The Hall–Kier alpha value is -0.910. The minimum absolute atomic E-state index is 0.0148. The lowest BCUT2D eigenvalue weighted by atomic mass is 10.0. The van der Waals surface area contributed by atoms with E-state index in [-0.39, 0.29) is 12.0 Å². The zero-order valence-electron chi connectivity index (χ0n) is 11.4. The largest absolute Gasteiger partial charge is 0.381 e. The second-order valence-corrected chi connectivity index (χ2v) is 6.88. The van der Waals surface area contributed by atoms with Crippen LogP contribution in [0.25, 0.3) is 0 Å². The van der Waals surface area contributed by atoms with Crippen LogP contribution in [0.4, 0.5) is 0 Å². The average molecular weight is 283 g/mol. The van der Waals surface area contributed by atoms with Crippen LogP contribution >= 0.6 is 0 Å². The molecule has 1 aromatic carbocycles. The fourth-order valence-electron chi connectivity index (χ4n) is 2.30. The molecule has 0 spiro atoms. The Morgan fingerprint density at radius 1 is 1.21 bits per heavy atom. The lowest BCUT2D eigenvalue weighted by Crippen LogP contribution is -2.39. The van der Waals surface area contributed by atoms with E-state index in [2.05, 4.69) is 4.72 Å². The Kier molecular flexibility index (Phi) is 4.60. The molecule has 0 amide bonds. The molecule has 5 heteroatoms. The molecule has 4 nitrogen and oxygen atoms in total. The van der Waals surface area contributed by atoms with Crippen LogP contribution in [0.15, 0.2) is 29.2 Å². The van der Waals surface area contributed by atoms with Crippen LogP contribution < -0.4 is 4.72 Å². The number of nitrogens with one attached hydrogen (secondary N) is 1. The van der Waals surface area contributed by atoms with E-state index in [1.165, 1.54) is 0 Å². The van der Waals surface area contributed by atoms with Gasteiger partial charge in [-0.15, -0.1) is 0 Å². The summed E-state index contributed by atoms with van der Waals surface area (Å²) < 4.78 is 33.0. The Labute approximate surface area is 115 Å². The number of ether oxygens (including phenoxy) is 1. The molecule has 0 saturated carbocycles. The second-order valence-electron chi connectivity index (χ2n) is 5.20. The van der Waals surface area contributed by atoms with Crippen LogP contribution in [0, 0.1) is 0 Å². The van der Waals surface area contributed by atoms with E-state index in [4.69, 9.17) is 4.74 Å². The first-order valence-corrected chi connectivity index (χ1v) is 8.18. The van der Waals surface area contributed by atoms with Gasteiger partial charge in [0.05, 0.1) is 4.90 Å². The molecule has 0 aromatic heterocycles. The van der Waals surface area contributed by atoms with Crippen LogP contribution in [-0.4, -0.2) is 27.7 Å². The molecule has 1 aromatic rings. The van der Waals surface area contributed by atoms with E-state index in [1.807, 2.05) is 26.0 Å². The molecular formula is C14H21NO3S. The summed E-state index contributed by atoms with van der Waals surface area (Å²) in [7, 11) is -3.44. The zero-order valence-corrected chi connectivity index (χ0v) is 12.2. The number of hydrogen-bond acceptors (Lipinski definition) is 3. The van der Waals surface area contributed by atoms with Gasteiger partial charge in [0.25, 0.3) is 0 Å². The van der Waals surface area contributed by atoms with Crippen molar-refractivity contribution < 1.29 is 13.2 Å². The molecule has 0 bridgehead atoms. The normalized spacial score (nSPS) is 17.8. The molecule has 1 heterocycles. The minimum atomic E-state index is -3.44. The quantitative estimate of drug-likeness (QED) is 0.922. The Morgan fingerprint density at radius 3 is 2.47 bits per heavy atom. The van der Waals surface area contributed by atoms with Gasteiger partial charge in [-0.05, 0) is 30.4 Å². The van der Waals surface area contributed by atoms with Gasteiger partial charge >= 0.3 is 0 Å². The van der Waals surface area contributed by atoms with Crippen molar-refractivity contribution in [1.29, 1.82) is 0 Å². The smallest absolute Gasteiger partial charge is 0.241 e. The predicted octanol–water partition coefficient (Wildman–Crippen LogP) is 2.27. The molecule has 1 N–H and O–H groups in total. The molecule has 0 unspecified atom stereocenters. The Morgan fingerprint density at radius 2 is 1.84 bits per heavy atom. The highest BCUT2D eigenvalue weighted by atomic mass is 32.2. The first-order valence-electron chi connectivity index (χ1n) is 6.69. The van der Waals surface area contributed by atoms with Crippen molar-refractivity contribution in [2.45, 2.75) is 43.5 Å². The van der Waals surface area contributed by atoms with Gasteiger partial charge in [0.15, 0.2) is 0 Å². The van der Waals surface area contributed by atoms with E-state index >= 15 is 0 Å². The van der Waals surface area contributed by atoms with Gasteiger partial charge in [0.1, 0.15) is 0 Å². The van der Waals surface area contributed by atoms with Crippen molar-refractivity contribution >= 4 is 10.0 Å². The van der Waals surface area contributed by atoms with Crippen LogP contribution in [0.5, 0.6) is 0 Å². The minimum Gasteiger partial charge on any atom is -0.381 e. The zero-order chi connectivity index (χ0) is 13.9. The molecule has 1 aliphatic heterocycles. The SMILES string of the molecule is CC(C)c1ccccc1S(=O)(=O)NC1CCOCC1. The fourth-order valence-corrected chi connectivity index (χ4v) is 3.97. The van der Waals surface area contributed by atoms with Gasteiger partial charge in [0.2, 0.25) is 10.0 Å². The summed E-state index contributed by atoms with van der Waals surface area (Å²) in [5, 5.41) is 0. The van der Waals surface area contributed by atoms with Crippen LogP contribution in [0.1, 0.15) is 38.2 Å². The molecular weight excluding hydrogens is 262 g/mol. The van der Waals surface area contributed by atoms with Crippen LogP contribution in [-0.2, 0) is 14.8 Å². The number of sulfonamides is 1. The first kappa shape index (κ1) is 14.5. The molecule has 0 aliphatic carbocycles. The summed E-state index contributed by atoms with van der Waals surface area (Å²) >= 11 is 0. The third kappa shape index (κ3) is 3.55. The lowest BCUT2D eigenvalue weighted by Gasteiger charge is -2.24. The Bertz CT molecular complexity index is 519. The summed E-state index contributed by atoms with van der Waals surface area (Å²) in [5.74, 6) is 0.183. The fraction of sp³-hybridized carbons (Fsp3) is 0.571. The third-order valence-corrected chi connectivity index (χ3v) is 4.97. The van der Waals surface area contributed by atoms with Crippen LogP contribution in [0.2, 0.25) is 0 Å². The van der Waals surface area contributed by atoms with Gasteiger partial charge in [0, 0.05) is 19.3 Å². The summed E-state index contributed by atoms with van der Waals surface area (Å²) in [6.07, 6.45) is 1.48. The van der Waals surface area contributed by atoms with Crippen molar-refractivity contribution in [2.24, 2.45) is 0 Å². The van der Waals surface area contributed by atoms with Gasteiger partial charge in [-0.25, -0.2) is 13.1 Å². The number of benzene rings is 1. The van der Waals surface area contributed by atoms with Crippen molar-refractivity contribution in [3.63, 3.8) is 0 Å². The molecule has 19 heavy (non-hydrogen) atoms. The second kappa shape index (κ2) is 6.03. The predicted molar refractivity (Wildman–Crippen MR) is 74.7 cm³/mol. The first-order chi connectivity index (χ1) is 9.00. The third-order valence-electron chi connectivity index (χ3n) is 3.37. The Balaban J connectivity index is 2.23. The standard InChI is InChI=1S/C14H21NO3S/c1-11(2)13-5-3-4-6-14(13)19(16,17)15-12-7-9-18-10-8-12/h3-6,11-12,15H,7-10H2,1-2H3. The maximum atomic E-state index is 12.5. The van der Waals surface area contributed by atoms with Crippen molar-refractivity contribution in [1.82, 2.24) is 4.72 Å². The van der Waals surface area contributed by atoms with Gasteiger partial charge in [-0.1, -0.05) is 32.0 Å². The molecule has 0 radical (unpaired) electrons. The highest BCUT2D eigenvalue weighted by Gasteiger charge is 2.24. The van der Waals surface area contributed by atoms with Gasteiger partial charge in [-0.3, -0.25) is 0 Å². The van der Waals surface area contributed by atoms with E-state index in [1.54, 1.807) is 12.1 Å². The average Bonchev–Trinajstić information content (AvgIpc) is 2.39. The summed E-state index contributed by atoms with van der Waals surface area (Å²) in [4.78, 5) is 0.400. The van der Waals surface area contributed by atoms with Crippen LogP contribution in [0.3, 0.4) is 0 Å². The van der Waals surface area contributed by atoms with E-state index < -0.39 is 10.0 Å². The molecule has 1 saturated heterocycles. The lowest BCUT2D eigenvalue weighted by molar-refractivity contribution is 0.0832. The number of hydrogen-bond donors (Lipinski definition) is 1. The maximum absolute atomic E-state index is 12.5. The van der Waals surface area contributed by atoms with Crippen molar-refractivity contribution in [2.75, 3.05) is 13.2 Å². The highest BCUT2D eigenvalue weighted by molar-refractivity contribution is 7.89. The summed E-state index contributed by atoms with van der Waals surface area (Å²) in [5.41, 5.74) is 0.863. The summed E-state index contributed by atoms with van der Waals surface area (Å²) in [6, 6.07) is 7.19. The monoisotopic (exact) mass is 283 g/mol. The van der Waals surface area contributed by atoms with Crippen molar-refractivity contribution in [3.05, 3.63) is 29.8 Å². The van der Waals surface area contributed by atoms with E-state index in [0.717, 1.165) is 18.4 Å². The maximum Gasteiger partial charge on any atom is 0.241 e. The molecule has 106 valence electrons. The molecule has 0 atom stereocenters. The van der Waals surface area contributed by atoms with Gasteiger partial charge in [-0.2, -0.15) is 0 Å². The molecule has 2 rings (SSSR count). The summed E-state index contributed by atoms with van der Waals surface area (Å²) in [6.45, 7) is 5.25. The topological polar surface area (TPSA) is 55.4 Å². The molecule has 1 fully saturated rings. The van der Waals surface area contributed by atoms with Gasteiger partial charge < -0.3 is 4.74 Å². The van der Waals surface area contributed by atoms with E-state index in [0.29, 0.717) is 18.1 Å². The van der Waals surface area contributed by atoms with E-state index in [9.17, 15) is 8.42 Å². The number of rotatable bonds is 4. The molecule has 1 aliphatic rings. The highest BCUT2D eigenvalue weighted by Crippen LogP contribution is 2.24. The van der Waals surface area contributed by atoms with Crippen molar-refractivity contribution in [3.8, 4) is 0 Å².